The lowest BCUT2D eigenvalue weighted by Crippen LogP contribution is -2.48. The first kappa shape index (κ1) is 11.0. The molecular weight excluding hydrogens is 162 g/mol. The SMILES string of the molecule is CC(C)(O)C1(CN)CCCCCC1. The molecular formula is C11H23NO. The van der Waals surface area contributed by atoms with E-state index in [-0.39, 0.29) is 5.41 Å². The van der Waals surface area contributed by atoms with Crippen molar-refractivity contribution in [2.45, 2.75) is 58.0 Å². The predicted octanol–water partition coefficient (Wildman–Crippen LogP) is 2.06. The molecule has 0 aromatic rings. The van der Waals surface area contributed by atoms with Gasteiger partial charge in [-0.1, -0.05) is 25.7 Å². The minimum Gasteiger partial charge on any atom is -0.390 e. The molecule has 13 heavy (non-hydrogen) atoms. The summed E-state index contributed by atoms with van der Waals surface area (Å²) in [6, 6.07) is 0. The zero-order valence-electron chi connectivity index (χ0n) is 8.97. The van der Waals surface area contributed by atoms with Crippen LogP contribution in [0.25, 0.3) is 0 Å². The molecule has 78 valence electrons. The number of hydrogen-bond donors (Lipinski definition) is 2. The van der Waals surface area contributed by atoms with Gasteiger partial charge in [-0.05, 0) is 26.7 Å². The molecule has 2 heteroatoms. The summed E-state index contributed by atoms with van der Waals surface area (Å²) in [6.07, 6.45) is 7.23. The molecule has 1 fully saturated rings. The van der Waals surface area contributed by atoms with Crippen LogP contribution >= 0.6 is 0 Å². The van der Waals surface area contributed by atoms with Crippen molar-refractivity contribution in [1.29, 1.82) is 0 Å². The highest BCUT2D eigenvalue weighted by Gasteiger charge is 2.42. The fourth-order valence-corrected chi connectivity index (χ4v) is 2.47. The molecule has 0 unspecified atom stereocenters. The van der Waals surface area contributed by atoms with E-state index in [4.69, 9.17) is 5.73 Å². The molecule has 1 saturated carbocycles. The van der Waals surface area contributed by atoms with Gasteiger partial charge in [0.05, 0.1) is 5.60 Å². The Morgan fingerprint density at radius 3 is 1.92 bits per heavy atom. The van der Waals surface area contributed by atoms with Gasteiger partial charge in [-0.2, -0.15) is 0 Å². The van der Waals surface area contributed by atoms with E-state index in [2.05, 4.69) is 0 Å². The summed E-state index contributed by atoms with van der Waals surface area (Å²) in [7, 11) is 0. The molecule has 0 aromatic carbocycles. The minimum absolute atomic E-state index is 0.0243. The topological polar surface area (TPSA) is 46.2 Å². The number of rotatable bonds is 2. The molecule has 0 amide bonds. The van der Waals surface area contributed by atoms with Crippen molar-refractivity contribution in [3.8, 4) is 0 Å². The predicted molar refractivity (Wildman–Crippen MR) is 55.5 cm³/mol. The smallest absolute Gasteiger partial charge is 0.0659 e. The van der Waals surface area contributed by atoms with Crippen LogP contribution in [0, 0.1) is 5.41 Å². The van der Waals surface area contributed by atoms with E-state index >= 15 is 0 Å². The summed E-state index contributed by atoms with van der Waals surface area (Å²) in [5, 5.41) is 10.1. The van der Waals surface area contributed by atoms with Crippen LogP contribution in [0.1, 0.15) is 52.4 Å². The van der Waals surface area contributed by atoms with Gasteiger partial charge in [-0.15, -0.1) is 0 Å². The van der Waals surface area contributed by atoms with E-state index in [0.29, 0.717) is 6.54 Å². The van der Waals surface area contributed by atoms with Crippen molar-refractivity contribution in [2.24, 2.45) is 11.1 Å². The Balaban J connectivity index is 2.76. The minimum atomic E-state index is -0.619. The van der Waals surface area contributed by atoms with Gasteiger partial charge in [-0.25, -0.2) is 0 Å². The van der Waals surface area contributed by atoms with Crippen LogP contribution in [-0.2, 0) is 0 Å². The number of hydrogen-bond acceptors (Lipinski definition) is 2. The first-order chi connectivity index (χ1) is 6.02. The van der Waals surface area contributed by atoms with Gasteiger partial charge in [-0.3, -0.25) is 0 Å². The van der Waals surface area contributed by atoms with Crippen LogP contribution in [0.2, 0.25) is 0 Å². The second kappa shape index (κ2) is 3.97. The quantitative estimate of drug-likeness (QED) is 0.647. The lowest BCUT2D eigenvalue weighted by atomic mass is 9.68. The molecule has 0 atom stereocenters. The summed E-state index contributed by atoms with van der Waals surface area (Å²) in [6.45, 7) is 4.44. The van der Waals surface area contributed by atoms with Gasteiger partial charge in [0, 0.05) is 12.0 Å². The second-order valence-electron chi connectivity index (χ2n) is 4.96. The van der Waals surface area contributed by atoms with Crippen LogP contribution in [0.15, 0.2) is 0 Å². The zero-order valence-corrected chi connectivity index (χ0v) is 8.97. The molecule has 1 aliphatic carbocycles. The van der Waals surface area contributed by atoms with Gasteiger partial charge < -0.3 is 10.8 Å². The second-order valence-corrected chi connectivity index (χ2v) is 4.96. The fourth-order valence-electron chi connectivity index (χ4n) is 2.47. The Morgan fingerprint density at radius 2 is 1.62 bits per heavy atom. The zero-order chi connectivity index (χ0) is 9.95. The molecule has 0 bridgehead atoms. The maximum Gasteiger partial charge on any atom is 0.0659 e. The van der Waals surface area contributed by atoms with Crippen LogP contribution in [0.3, 0.4) is 0 Å². The molecule has 0 saturated heterocycles. The maximum atomic E-state index is 10.1. The highest BCUT2D eigenvalue weighted by molar-refractivity contribution is 4.94. The Hall–Kier alpha value is -0.0800. The first-order valence-electron chi connectivity index (χ1n) is 5.44. The van der Waals surface area contributed by atoms with Crippen LogP contribution < -0.4 is 5.73 Å². The molecule has 3 N–H and O–H groups in total. The van der Waals surface area contributed by atoms with Gasteiger partial charge >= 0.3 is 0 Å². The Morgan fingerprint density at radius 1 is 1.15 bits per heavy atom. The van der Waals surface area contributed by atoms with E-state index in [1.54, 1.807) is 0 Å². The molecule has 1 aliphatic rings. The number of nitrogens with two attached hydrogens (primary N) is 1. The lowest BCUT2D eigenvalue weighted by molar-refractivity contribution is -0.0597. The average molecular weight is 185 g/mol. The first-order valence-corrected chi connectivity index (χ1v) is 5.44. The summed E-state index contributed by atoms with van der Waals surface area (Å²) in [4.78, 5) is 0. The van der Waals surface area contributed by atoms with Crippen molar-refractivity contribution >= 4 is 0 Å². The summed E-state index contributed by atoms with van der Waals surface area (Å²) in [5.74, 6) is 0. The van der Waals surface area contributed by atoms with Gasteiger partial charge in [0.1, 0.15) is 0 Å². The van der Waals surface area contributed by atoms with Crippen molar-refractivity contribution in [1.82, 2.24) is 0 Å². The molecule has 0 aliphatic heterocycles. The molecule has 1 rings (SSSR count). The Bertz CT molecular complexity index is 152. The van der Waals surface area contributed by atoms with Gasteiger partial charge in [0.15, 0.2) is 0 Å². The Labute approximate surface area is 81.5 Å². The molecule has 0 heterocycles. The molecule has 2 nitrogen and oxygen atoms in total. The van der Waals surface area contributed by atoms with Crippen LogP contribution in [0.4, 0.5) is 0 Å². The average Bonchev–Trinajstić information content (AvgIpc) is 2.27. The number of aliphatic hydroxyl groups is 1. The maximum absolute atomic E-state index is 10.1. The van der Waals surface area contributed by atoms with Crippen LogP contribution in [-0.4, -0.2) is 17.3 Å². The fraction of sp³-hybridized carbons (Fsp3) is 1.00. The van der Waals surface area contributed by atoms with Gasteiger partial charge in [0.25, 0.3) is 0 Å². The van der Waals surface area contributed by atoms with Crippen molar-refractivity contribution in [3.05, 3.63) is 0 Å². The largest absolute Gasteiger partial charge is 0.390 e. The standard InChI is InChI=1S/C11H23NO/c1-10(2,13)11(9-12)7-5-3-4-6-8-11/h13H,3-9,12H2,1-2H3. The highest BCUT2D eigenvalue weighted by Crippen LogP contribution is 2.42. The summed E-state index contributed by atoms with van der Waals surface area (Å²) < 4.78 is 0. The van der Waals surface area contributed by atoms with E-state index in [1.807, 2.05) is 13.8 Å². The Kier molecular flexibility index (Phi) is 3.36. The third-order valence-electron chi connectivity index (χ3n) is 3.75. The van der Waals surface area contributed by atoms with E-state index in [9.17, 15) is 5.11 Å². The molecule has 0 radical (unpaired) electrons. The third-order valence-corrected chi connectivity index (χ3v) is 3.75. The highest BCUT2D eigenvalue weighted by atomic mass is 16.3. The monoisotopic (exact) mass is 185 g/mol. The van der Waals surface area contributed by atoms with Crippen LogP contribution in [0.5, 0.6) is 0 Å². The van der Waals surface area contributed by atoms with Gasteiger partial charge in [0.2, 0.25) is 0 Å². The van der Waals surface area contributed by atoms with E-state index in [0.717, 1.165) is 12.8 Å². The lowest BCUT2D eigenvalue weighted by Gasteiger charge is -2.42. The molecule has 0 spiro atoms. The summed E-state index contributed by atoms with van der Waals surface area (Å²) in [5.41, 5.74) is 5.19. The normalized spacial score (nSPS) is 24.0. The van der Waals surface area contributed by atoms with Crippen molar-refractivity contribution in [2.75, 3.05) is 6.54 Å². The van der Waals surface area contributed by atoms with Crippen molar-refractivity contribution < 1.29 is 5.11 Å². The van der Waals surface area contributed by atoms with E-state index in [1.165, 1.54) is 25.7 Å². The van der Waals surface area contributed by atoms with E-state index < -0.39 is 5.60 Å². The van der Waals surface area contributed by atoms with Crippen molar-refractivity contribution in [3.63, 3.8) is 0 Å². The third kappa shape index (κ3) is 2.23. The molecule has 0 aromatic heterocycles. The summed E-state index contributed by atoms with van der Waals surface area (Å²) >= 11 is 0.